The van der Waals surface area contributed by atoms with E-state index in [0.29, 0.717) is 39.4 Å². The Morgan fingerprint density at radius 3 is 2.75 bits per heavy atom. The van der Waals surface area contributed by atoms with Crippen molar-refractivity contribution in [1.29, 1.82) is 0 Å². The summed E-state index contributed by atoms with van der Waals surface area (Å²) in [5.74, 6) is 0. The second kappa shape index (κ2) is 5.80. The molecule has 2 aliphatic rings. The molecule has 0 N–H and O–H groups in total. The lowest BCUT2D eigenvalue weighted by Gasteiger charge is -2.32. The molecule has 112 valence electrons. The Balaban J connectivity index is 1.73. The van der Waals surface area contributed by atoms with E-state index < -0.39 is 10.2 Å². The second-order valence-electron chi connectivity index (χ2n) is 5.15. The van der Waals surface area contributed by atoms with Crippen LogP contribution in [0.1, 0.15) is 12.8 Å². The lowest BCUT2D eigenvalue weighted by atomic mass is 10.2. The maximum absolute atomic E-state index is 12.7. The number of hydrogen-bond acceptors (Lipinski definition) is 4. The van der Waals surface area contributed by atoms with Gasteiger partial charge in [-0.05, 0) is 18.9 Å². The van der Waals surface area contributed by atoms with Crippen LogP contribution in [0.5, 0.6) is 0 Å². The lowest BCUT2D eigenvalue weighted by molar-refractivity contribution is 0.0697. The Hall–Kier alpha value is -0.960. The van der Waals surface area contributed by atoms with Crippen LogP contribution in [0.2, 0.25) is 0 Å². The third kappa shape index (κ3) is 2.73. The maximum atomic E-state index is 12.7. The van der Waals surface area contributed by atoms with E-state index in [9.17, 15) is 8.42 Å². The van der Waals surface area contributed by atoms with Crippen molar-refractivity contribution in [3.63, 3.8) is 0 Å². The molecule has 0 aromatic carbocycles. The zero-order valence-electron chi connectivity index (χ0n) is 11.4. The first-order valence-corrected chi connectivity index (χ1v) is 8.40. The van der Waals surface area contributed by atoms with Crippen LogP contribution in [0.25, 0.3) is 0 Å². The summed E-state index contributed by atoms with van der Waals surface area (Å²) in [4.78, 5) is 0. The fraction of sp³-hybridized carbons (Fsp3) is 0.750. The molecule has 0 radical (unpaired) electrons. The molecular weight excluding hydrogens is 280 g/mol. The quantitative estimate of drug-likeness (QED) is 0.780. The van der Waals surface area contributed by atoms with E-state index in [4.69, 9.17) is 4.74 Å². The summed E-state index contributed by atoms with van der Waals surface area (Å²) < 4.78 is 35.6. The topological polar surface area (TPSA) is 67.7 Å². The van der Waals surface area contributed by atoms with Crippen LogP contribution in [-0.4, -0.2) is 65.7 Å². The summed E-state index contributed by atoms with van der Waals surface area (Å²) >= 11 is 0. The van der Waals surface area contributed by atoms with Crippen LogP contribution in [0.4, 0.5) is 0 Å². The summed E-state index contributed by atoms with van der Waals surface area (Å²) in [5.41, 5.74) is 0. The predicted octanol–water partition coefficient (Wildman–Crippen LogP) is -0.0755. The number of aromatic nitrogens is 2. The van der Waals surface area contributed by atoms with E-state index in [1.807, 2.05) is 12.3 Å². The molecule has 2 fully saturated rings. The highest BCUT2D eigenvalue weighted by atomic mass is 32.2. The van der Waals surface area contributed by atoms with Crippen molar-refractivity contribution in [2.24, 2.45) is 0 Å². The smallest absolute Gasteiger partial charge is 0.282 e. The number of ether oxygens (including phenoxy) is 1. The van der Waals surface area contributed by atoms with Crippen molar-refractivity contribution in [1.82, 2.24) is 18.4 Å². The molecule has 2 aliphatic heterocycles. The Kier molecular flexibility index (Phi) is 4.06. The van der Waals surface area contributed by atoms with Gasteiger partial charge in [0, 0.05) is 38.1 Å². The lowest BCUT2D eigenvalue weighted by Crippen LogP contribution is -2.50. The monoisotopic (exact) mass is 300 g/mol. The second-order valence-corrected chi connectivity index (χ2v) is 7.04. The standard InChI is InChI=1S/C12H20N4O3S/c17-20(18,15-7-9-19-10-8-15)16-6-1-3-12(16)11-14-5-2-4-13-14/h2,4-5,12H,1,3,6-11H2/t12-/m0/s1. The van der Waals surface area contributed by atoms with E-state index in [1.165, 1.54) is 4.31 Å². The van der Waals surface area contributed by atoms with Crippen molar-refractivity contribution in [2.75, 3.05) is 32.8 Å². The van der Waals surface area contributed by atoms with Crippen LogP contribution in [0.3, 0.4) is 0 Å². The van der Waals surface area contributed by atoms with Gasteiger partial charge < -0.3 is 4.74 Å². The largest absolute Gasteiger partial charge is 0.379 e. The Bertz CT molecular complexity index is 525. The van der Waals surface area contributed by atoms with Crippen LogP contribution in [-0.2, 0) is 21.5 Å². The van der Waals surface area contributed by atoms with Crippen LogP contribution >= 0.6 is 0 Å². The molecule has 1 aromatic heterocycles. The number of hydrogen-bond donors (Lipinski definition) is 0. The van der Waals surface area contributed by atoms with E-state index in [-0.39, 0.29) is 6.04 Å². The van der Waals surface area contributed by atoms with Crippen molar-refractivity contribution < 1.29 is 13.2 Å². The molecule has 20 heavy (non-hydrogen) atoms. The zero-order valence-corrected chi connectivity index (χ0v) is 12.2. The highest BCUT2D eigenvalue weighted by molar-refractivity contribution is 7.86. The highest BCUT2D eigenvalue weighted by Gasteiger charge is 2.38. The third-order valence-electron chi connectivity index (χ3n) is 3.87. The fourth-order valence-electron chi connectivity index (χ4n) is 2.85. The molecule has 0 aliphatic carbocycles. The van der Waals surface area contributed by atoms with Gasteiger partial charge in [0.15, 0.2) is 0 Å². The van der Waals surface area contributed by atoms with Crippen LogP contribution in [0.15, 0.2) is 18.5 Å². The van der Waals surface area contributed by atoms with Gasteiger partial charge in [0.25, 0.3) is 10.2 Å². The fourth-order valence-corrected chi connectivity index (χ4v) is 4.66. The van der Waals surface area contributed by atoms with Crippen LogP contribution < -0.4 is 0 Å². The van der Waals surface area contributed by atoms with Crippen molar-refractivity contribution in [2.45, 2.75) is 25.4 Å². The average Bonchev–Trinajstić information content (AvgIpc) is 3.12. The van der Waals surface area contributed by atoms with E-state index in [0.717, 1.165) is 12.8 Å². The molecule has 0 saturated carbocycles. The average molecular weight is 300 g/mol. The minimum absolute atomic E-state index is 0.00254. The van der Waals surface area contributed by atoms with Crippen molar-refractivity contribution >= 4 is 10.2 Å². The number of nitrogens with zero attached hydrogens (tertiary/aromatic N) is 4. The molecule has 0 amide bonds. The van der Waals surface area contributed by atoms with E-state index in [1.54, 1.807) is 15.2 Å². The minimum atomic E-state index is -3.37. The summed E-state index contributed by atoms with van der Waals surface area (Å²) in [6.07, 6.45) is 5.40. The third-order valence-corrected chi connectivity index (χ3v) is 5.96. The SMILES string of the molecule is O=S(=O)(N1CCOCC1)N1CCC[C@H]1Cn1cccn1. The van der Waals surface area contributed by atoms with Crippen LogP contribution in [0, 0.1) is 0 Å². The molecule has 1 atom stereocenters. The number of morpholine rings is 1. The van der Waals surface area contributed by atoms with E-state index >= 15 is 0 Å². The first-order chi connectivity index (χ1) is 9.68. The molecule has 7 nitrogen and oxygen atoms in total. The van der Waals surface area contributed by atoms with Gasteiger partial charge >= 0.3 is 0 Å². The molecule has 0 bridgehead atoms. The molecule has 3 rings (SSSR count). The Morgan fingerprint density at radius 2 is 2.05 bits per heavy atom. The first kappa shape index (κ1) is 14.0. The van der Waals surface area contributed by atoms with Gasteiger partial charge in [-0.2, -0.15) is 22.1 Å². The molecule has 8 heteroatoms. The van der Waals surface area contributed by atoms with E-state index in [2.05, 4.69) is 5.10 Å². The van der Waals surface area contributed by atoms with Gasteiger partial charge in [-0.3, -0.25) is 4.68 Å². The highest BCUT2D eigenvalue weighted by Crippen LogP contribution is 2.24. The van der Waals surface area contributed by atoms with Gasteiger partial charge in [0.05, 0.1) is 19.8 Å². The Labute approximate surface area is 119 Å². The van der Waals surface area contributed by atoms with Gasteiger partial charge in [0.2, 0.25) is 0 Å². The van der Waals surface area contributed by atoms with Crippen molar-refractivity contribution in [3.8, 4) is 0 Å². The molecule has 3 heterocycles. The van der Waals surface area contributed by atoms with Gasteiger partial charge in [-0.25, -0.2) is 0 Å². The molecule has 0 unspecified atom stereocenters. The summed E-state index contributed by atoms with van der Waals surface area (Å²) in [6.45, 7) is 3.09. The zero-order chi connectivity index (χ0) is 14.0. The summed E-state index contributed by atoms with van der Waals surface area (Å²) in [5, 5.41) is 4.17. The van der Waals surface area contributed by atoms with Gasteiger partial charge in [-0.15, -0.1) is 0 Å². The minimum Gasteiger partial charge on any atom is -0.379 e. The molecular formula is C12H20N4O3S. The summed E-state index contributed by atoms with van der Waals surface area (Å²) in [7, 11) is -3.37. The van der Waals surface area contributed by atoms with Gasteiger partial charge in [-0.1, -0.05) is 0 Å². The van der Waals surface area contributed by atoms with Gasteiger partial charge in [0.1, 0.15) is 0 Å². The molecule has 2 saturated heterocycles. The first-order valence-electron chi connectivity index (χ1n) is 7.00. The molecule has 0 spiro atoms. The maximum Gasteiger partial charge on any atom is 0.282 e. The normalized spacial score (nSPS) is 26.1. The summed E-state index contributed by atoms with van der Waals surface area (Å²) in [6, 6.07) is 1.86. The molecule has 1 aromatic rings. The Morgan fingerprint density at radius 1 is 1.25 bits per heavy atom. The number of rotatable bonds is 4. The predicted molar refractivity (Wildman–Crippen MR) is 73.3 cm³/mol. The van der Waals surface area contributed by atoms with Crippen molar-refractivity contribution in [3.05, 3.63) is 18.5 Å².